The number of hydrogen-bond donors (Lipinski definition) is 1. The van der Waals surface area contributed by atoms with E-state index < -0.39 is 5.91 Å². The molecule has 1 amide bonds. The fraction of sp³-hybridized carbons (Fsp3) is 0.240. The molecule has 1 N–H and O–H groups in total. The topological polar surface area (TPSA) is 82.2 Å². The number of benzene rings is 2. The first-order chi connectivity index (χ1) is 16.6. The van der Waals surface area contributed by atoms with Gasteiger partial charge in [0.15, 0.2) is 11.6 Å². The zero-order valence-electron chi connectivity index (χ0n) is 18.3. The molecule has 9 heteroatoms. The summed E-state index contributed by atoms with van der Waals surface area (Å²) in [6.45, 7) is 0.960. The lowest BCUT2D eigenvalue weighted by molar-refractivity contribution is 0.0992. The maximum absolute atomic E-state index is 13.0. The predicted molar refractivity (Wildman–Crippen MR) is 125 cm³/mol. The SMILES string of the molecule is O=C(Nc1ccc(Cl)c(-c2nnc3n2CCCCC3)c1)c1ccc(COc2ccc(F)cc2)o1. The number of carbonyl (C=O) groups is 1. The Labute approximate surface area is 200 Å². The number of nitrogens with one attached hydrogen (secondary N) is 1. The van der Waals surface area contributed by atoms with Crippen LogP contribution in [0.25, 0.3) is 11.4 Å². The van der Waals surface area contributed by atoms with E-state index in [1.165, 1.54) is 24.3 Å². The molecule has 2 aromatic carbocycles. The number of nitrogens with zero attached hydrogens (tertiary/aromatic N) is 3. The summed E-state index contributed by atoms with van der Waals surface area (Å²) in [4.78, 5) is 12.7. The molecule has 0 spiro atoms. The van der Waals surface area contributed by atoms with E-state index in [1.54, 1.807) is 30.3 Å². The van der Waals surface area contributed by atoms with Crippen LogP contribution < -0.4 is 10.1 Å². The monoisotopic (exact) mass is 480 g/mol. The van der Waals surface area contributed by atoms with Gasteiger partial charge in [-0.05, 0) is 67.4 Å². The van der Waals surface area contributed by atoms with E-state index in [0.717, 1.165) is 38.1 Å². The Morgan fingerprint density at radius 2 is 1.94 bits per heavy atom. The van der Waals surface area contributed by atoms with Gasteiger partial charge >= 0.3 is 0 Å². The lowest BCUT2D eigenvalue weighted by Gasteiger charge is -2.11. The van der Waals surface area contributed by atoms with Crippen LogP contribution in [0.5, 0.6) is 5.75 Å². The summed E-state index contributed by atoms with van der Waals surface area (Å²) in [7, 11) is 0. The van der Waals surface area contributed by atoms with Gasteiger partial charge in [0, 0.05) is 24.2 Å². The van der Waals surface area contributed by atoms with Crippen molar-refractivity contribution in [2.24, 2.45) is 0 Å². The molecule has 34 heavy (non-hydrogen) atoms. The van der Waals surface area contributed by atoms with E-state index in [2.05, 4.69) is 20.1 Å². The average molecular weight is 481 g/mol. The van der Waals surface area contributed by atoms with Crippen LogP contribution in [0.1, 0.15) is 41.4 Å². The minimum atomic E-state index is -0.402. The lowest BCUT2D eigenvalue weighted by atomic mass is 10.1. The van der Waals surface area contributed by atoms with Crippen molar-refractivity contribution in [3.8, 4) is 17.1 Å². The quantitative estimate of drug-likeness (QED) is 0.372. The molecular formula is C25H22ClFN4O3. The maximum atomic E-state index is 13.0. The molecule has 3 heterocycles. The van der Waals surface area contributed by atoms with Gasteiger partial charge in [-0.2, -0.15) is 0 Å². The summed E-state index contributed by atoms with van der Waals surface area (Å²) >= 11 is 6.47. The molecule has 0 atom stereocenters. The van der Waals surface area contributed by atoms with E-state index in [9.17, 15) is 9.18 Å². The Bertz CT molecular complexity index is 1320. The van der Waals surface area contributed by atoms with E-state index in [-0.39, 0.29) is 18.2 Å². The summed E-state index contributed by atoms with van der Waals surface area (Å²) in [5.74, 6) is 2.04. The van der Waals surface area contributed by atoms with Gasteiger partial charge in [0.05, 0.1) is 5.02 Å². The van der Waals surface area contributed by atoms with Crippen LogP contribution in [0.2, 0.25) is 5.02 Å². The van der Waals surface area contributed by atoms with Crippen molar-refractivity contribution >= 4 is 23.2 Å². The number of furan rings is 1. The molecule has 0 aliphatic carbocycles. The number of anilines is 1. The summed E-state index contributed by atoms with van der Waals surface area (Å²) < 4.78 is 26.3. The van der Waals surface area contributed by atoms with Crippen molar-refractivity contribution in [2.75, 3.05) is 5.32 Å². The number of ether oxygens (including phenoxy) is 1. The third-order valence-corrected chi connectivity index (χ3v) is 5.98. The minimum Gasteiger partial charge on any atom is -0.486 e. The highest BCUT2D eigenvalue weighted by atomic mass is 35.5. The van der Waals surface area contributed by atoms with Crippen LogP contribution >= 0.6 is 11.6 Å². The number of halogens is 2. The normalized spacial score (nSPS) is 13.2. The first kappa shape index (κ1) is 22.2. The Balaban J connectivity index is 1.28. The van der Waals surface area contributed by atoms with Crippen LogP contribution in [-0.2, 0) is 19.6 Å². The third kappa shape index (κ3) is 4.82. The Morgan fingerprint density at radius 1 is 1.09 bits per heavy atom. The number of aromatic nitrogens is 3. The molecule has 0 saturated carbocycles. The van der Waals surface area contributed by atoms with Crippen LogP contribution in [0.15, 0.2) is 59.0 Å². The van der Waals surface area contributed by atoms with E-state index >= 15 is 0 Å². The van der Waals surface area contributed by atoms with Gasteiger partial charge in [0.25, 0.3) is 5.91 Å². The molecule has 5 rings (SSSR count). The standard InChI is InChI=1S/C25H22ClFN4O3/c26-21-11-7-17(14-20(21)24-30-29-23-4-2-1-3-13-31(23)24)28-25(32)22-12-10-19(34-22)15-33-18-8-5-16(27)6-9-18/h5-12,14H,1-4,13,15H2,(H,28,32). The van der Waals surface area contributed by atoms with E-state index in [0.29, 0.717) is 33.6 Å². The summed E-state index contributed by atoms with van der Waals surface area (Å²) in [6.07, 6.45) is 4.22. The van der Waals surface area contributed by atoms with Crippen molar-refractivity contribution in [1.29, 1.82) is 0 Å². The largest absolute Gasteiger partial charge is 0.486 e. The van der Waals surface area contributed by atoms with E-state index in [4.69, 9.17) is 20.8 Å². The van der Waals surface area contributed by atoms with Crippen molar-refractivity contribution in [3.05, 3.63) is 82.8 Å². The summed E-state index contributed by atoms with van der Waals surface area (Å²) in [5, 5.41) is 12.1. The summed E-state index contributed by atoms with van der Waals surface area (Å²) in [6, 6.07) is 14.2. The fourth-order valence-corrected chi connectivity index (χ4v) is 4.12. The Morgan fingerprint density at radius 3 is 2.79 bits per heavy atom. The molecular weight excluding hydrogens is 459 g/mol. The van der Waals surface area contributed by atoms with Gasteiger partial charge in [-0.3, -0.25) is 4.79 Å². The second kappa shape index (κ2) is 9.69. The molecule has 0 unspecified atom stereocenters. The van der Waals surface area contributed by atoms with Gasteiger partial charge in [0.2, 0.25) is 0 Å². The number of aryl methyl sites for hydroxylation is 1. The first-order valence-corrected chi connectivity index (χ1v) is 11.4. The van der Waals surface area contributed by atoms with Crippen molar-refractivity contribution in [2.45, 2.75) is 38.8 Å². The van der Waals surface area contributed by atoms with Gasteiger partial charge in [-0.25, -0.2) is 4.39 Å². The highest BCUT2D eigenvalue weighted by Gasteiger charge is 2.19. The highest BCUT2D eigenvalue weighted by Crippen LogP contribution is 2.31. The number of amides is 1. The molecule has 0 saturated heterocycles. The van der Waals surface area contributed by atoms with Gasteiger partial charge in [0.1, 0.15) is 29.8 Å². The lowest BCUT2D eigenvalue weighted by Crippen LogP contribution is -2.11. The van der Waals surface area contributed by atoms with Crippen LogP contribution in [0.4, 0.5) is 10.1 Å². The Kier molecular flexibility index (Phi) is 6.31. The minimum absolute atomic E-state index is 0.113. The highest BCUT2D eigenvalue weighted by molar-refractivity contribution is 6.33. The summed E-state index contributed by atoms with van der Waals surface area (Å²) in [5.41, 5.74) is 1.28. The smallest absolute Gasteiger partial charge is 0.291 e. The molecule has 0 fully saturated rings. The molecule has 4 aromatic rings. The second-order valence-corrected chi connectivity index (χ2v) is 8.47. The number of fused-ring (bicyclic) bond motifs is 1. The Hall–Kier alpha value is -3.65. The van der Waals surface area contributed by atoms with Gasteiger partial charge < -0.3 is 19.0 Å². The molecule has 0 bridgehead atoms. The first-order valence-electron chi connectivity index (χ1n) is 11.1. The molecule has 2 aromatic heterocycles. The number of hydrogen-bond acceptors (Lipinski definition) is 5. The van der Waals surface area contributed by atoms with Crippen LogP contribution in [0.3, 0.4) is 0 Å². The molecule has 174 valence electrons. The van der Waals surface area contributed by atoms with Gasteiger partial charge in [-0.1, -0.05) is 18.0 Å². The van der Waals surface area contributed by atoms with Gasteiger partial charge in [-0.15, -0.1) is 10.2 Å². The van der Waals surface area contributed by atoms with Crippen molar-refractivity contribution < 1.29 is 18.3 Å². The van der Waals surface area contributed by atoms with Crippen LogP contribution in [0, 0.1) is 5.82 Å². The van der Waals surface area contributed by atoms with Crippen molar-refractivity contribution in [1.82, 2.24) is 14.8 Å². The second-order valence-electron chi connectivity index (χ2n) is 8.06. The van der Waals surface area contributed by atoms with Crippen molar-refractivity contribution in [3.63, 3.8) is 0 Å². The predicted octanol–water partition coefficient (Wildman–Crippen LogP) is 5.89. The fourth-order valence-electron chi connectivity index (χ4n) is 3.91. The molecule has 1 aliphatic heterocycles. The zero-order chi connectivity index (χ0) is 23.5. The number of rotatable bonds is 6. The van der Waals surface area contributed by atoms with Crippen LogP contribution in [-0.4, -0.2) is 20.7 Å². The number of carbonyl (C=O) groups excluding carboxylic acids is 1. The maximum Gasteiger partial charge on any atom is 0.291 e. The third-order valence-electron chi connectivity index (χ3n) is 5.65. The zero-order valence-corrected chi connectivity index (χ0v) is 19.0. The van der Waals surface area contributed by atoms with E-state index in [1.807, 2.05) is 0 Å². The average Bonchev–Trinajstić information content (AvgIpc) is 3.41. The molecule has 1 aliphatic rings. The molecule has 0 radical (unpaired) electrons. The molecule has 7 nitrogen and oxygen atoms in total.